The maximum Gasteiger partial charge on any atom is 0.395 e. The Labute approximate surface area is 80.3 Å². The van der Waals surface area contributed by atoms with E-state index in [4.69, 9.17) is 5.11 Å². The van der Waals surface area contributed by atoms with Gasteiger partial charge in [-0.25, -0.2) is 0 Å². The Balaban J connectivity index is 3.91. The molecule has 0 saturated heterocycles. The van der Waals surface area contributed by atoms with Crippen molar-refractivity contribution in [1.82, 2.24) is 5.32 Å². The van der Waals surface area contributed by atoms with E-state index in [0.29, 0.717) is 6.42 Å². The van der Waals surface area contributed by atoms with Gasteiger partial charge >= 0.3 is 6.18 Å². The van der Waals surface area contributed by atoms with Crippen molar-refractivity contribution in [2.75, 3.05) is 13.2 Å². The zero-order valence-electron chi connectivity index (χ0n) is 7.90. The van der Waals surface area contributed by atoms with Gasteiger partial charge in [0.1, 0.15) is 0 Å². The quantitative estimate of drug-likeness (QED) is 0.717. The molecule has 1 atom stereocenters. The fourth-order valence-electron chi connectivity index (χ4n) is 0.836. The van der Waals surface area contributed by atoms with Crippen LogP contribution in [0.4, 0.5) is 13.2 Å². The Morgan fingerprint density at radius 1 is 1.50 bits per heavy atom. The zero-order valence-corrected chi connectivity index (χ0v) is 7.90. The van der Waals surface area contributed by atoms with Gasteiger partial charge in [0.05, 0.1) is 12.5 Å². The Morgan fingerprint density at radius 3 is 2.43 bits per heavy atom. The molecule has 0 radical (unpaired) electrons. The molecule has 0 rings (SSSR count). The summed E-state index contributed by atoms with van der Waals surface area (Å²) in [6.07, 6.45) is -3.67. The van der Waals surface area contributed by atoms with Gasteiger partial charge in [0.15, 0.2) is 0 Å². The van der Waals surface area contributed by atoms with Crippen molar-refractivity contribution in [3.05, 3.63) is 0 Å². The summed E-state index contributed by atoms with van der Waals surface area (Å²) < 4.78 is 36.1. The van der Waals surface area contributed by atoms with Crippen LogP contribution < -0.4 is 5.32 Å². The second-order valence-electron chi connectivity index (χ2n) is 2.98. The SMILES string of the molecule is CCCC(=O)NCC(CO)C(F)(F)F. The van der Waals surface area contributed by atoms with Gasteiger partial charge < -0.3 is 10.4 Å². The van der Waals surface area contributed by atoms with E-state index in [0.717, 1.165) is 0 Å². The molecule has 0 heterocycles. The van der Waals surface area contributed by atoms with Gasteiger partial charge in [-0.1, -0.05) is 6.92 Å². The average molecular weight is 213 g/mol. The van der Waals surface area contributed by atoms with Gasteiger partial charge in [0.25, 0.3) is 0 Å². The third-order valence-corrected chi connectivity index (χ3v) is 1.71. The number of aliphatic hydroxyl groups is 1. The van der Waals surface area contributed by atoms with Crippen molar-refractivity contribution in [3.63, 3.8) is 0 Å². The number of hydrogen-bond acceptors (Lipinski definition) is 2. The van der Waals surface area contributed by atoms with E-state index in [9.17, 15) is 18.0 Å². The molecule has 0 aromatic rings. The maximum absolute atomic E-state index is 12.0. The van der Waals surface area contributed by atoms with Crippen LogP contribution in [0, 0.1) is 5.92 Å². The molecule has 3 nitrogen and oxygen atoms in total. The minimum Gasteiger partial charge on any atom is -0.396 e. The largest absolute Gasteiger partial charge is 0.396 e. The van der Waals surface area contributed by atoms with Crippen molar-refractivity contribution >= 4 is 5.91 Å². The third-order valence-electron chi connectivity index (χ3n) is 1.71. The van der Waals surface area contributed by atoms with Gasteiger partial charge in [-0.3, -0.25) is 4.79 Å². The lowest BCUT2D eigenvalue weighted by molar-refractivity contribution is -0.182. The maximum atomic E-state index is 12.0. The first-order valence-electron chi connectivity index (χ1n) is 4.36. The highest BCUT2D eigenvalue weighted by molar-refractivity contribution is 5.75. The highest BCUT2D eigenvalue weighted by Gasteiger charge is 2.38. The highest BCUT2D eigenvalue weighted by Crippen LogP contribution is 2.24. The first kappa shape index (κ1) is 13.2. The number of amides is 1. The Hall–Kier alpha value is -0.780. The van der Waals surface area contributed by atoms with Crippen LogP contribution in [0.1, 0.15) is 19.8 Å². The number of carbonyl (C=O) groups is 1. The van der Waals surface area contributed by atoms with Gasteiger partial charge in [0.2, 0.25) is 5.91 Å². The topological polar surface area (TPSA) is 49.3 Å². The second kappa shape index (κ2) is 5.85. The molecule has 0 aromatic carbocycles. The Bertz CT molecular complexity index is 182. The van der Waals surface area contributed by atoms with Crippen molar-refractivity contribution < 1.29 is 23.1 Å². The number of alkyl halides is 3. The van der Waals surface area contributed by atoms with Crippen LogP contribution in [0.2, 0.25) is 0 Å². The lowest BCUT2D eigenvalue weighted by atomic mass is 10.1. The second-order valence-corrected chi connectivity index (χ2v) is 2.98. The summed E-state index contributed by atoms with van der Waals surface area (Å²) in [5.41, 5.74) is 0. The summed E-state index contributed by atoms with van der Waals surface area (Å²) in [6, 6.07) is 0. The lowest BCUT2D eigenvalue weighted by Gasteiger charge is -2.18. The minimum atomic E-state index is -4.46. The molecule has 0 aliphatic heterocycles. The van der Waals surface area contributed by atoms with E-state index in [1.807, 2.05) is 0 Å². The number of aliphatic hydroxyl groups excluding tert-OH is 1. The predicted molar refractivity (Wildman–Crippen MR) is 44.5 cm³/mol. The molecule has 0 aliphatic carbocycles. The molecule has 84 valence electrons. The predicted octanol–water partition coefficient (Wildman–Crippen LogP) is 1.07. The minimum absolute atomic E-state index is 0.204. The van der Waals surface area contributed by atoms with Gasteiger partial charge in [0, 0.05) is 13.0 Å². The Morgan fingerprint density at radius 2 is 2.07 bits per heavy atom. The molecule has 0 aromatic heterocycles. The monoisotopic (exact) mass is 213 g/mol. The molecule has 0 spiro atoms. The molecule has 0 fully saturated rings. The summed E-state index contributed by atoms with van der Waals surface area (Å²) in [5.74, 6) is -2.29. The van der Waals surface area contributed by atoms with Crippen LogP contribution in [0.3, 0.4) is 0 Å². The molecular formula is C8H14F3NO2. The summed E-state index contributed by atoms with van der Waals surface area (Å²) in [5, 5.41) is 10.6. The lowest BCUT2D eigenvalue weighted by Crippen LogP contribution is -2.38. The molecule has 1 amide bonds. The van der Waals surface area contributed by atoms with Crippen molar-refractivity contribution in [2.24, 2.45) is 5.92 Å². The summed E-state index contributed by atoms with van der Waals surface area (Å²) in [7, 11) is 0. The molecule has 6 heteroatoms. The Kier molecular flexibility index (Phi) is 5.52. The van der Waals surface area contributed by atoms with Crippen LogP contribution in [-0.4, -0.2) is 30.3 Å². The van der Waals surface area contributed by atoms with E-state index in [2.05, 4.69) is 5.32 Å². The van der Waals surface area contributed by atoms with Crippen molar-refractivity contribution in [2.45, 2.75) is 25.9 Å². The van der Waals surface area contributed by atoms with Gasteiger partial charge in [-0.2, -0.15) is 13.2 Å². The number of rotatable bonds is 5. The van der Waals surface area contributed by atoms with Crippen LogP contribution in [0.5, 0.6) is 0 Å². The van der Waals surface area contributed by atoms with Crippen LogP contribution in [0.25, 0.3) is 0 Å². The summed E-state index contributed by atoms with van der Waals surface area (Å²) >= 11 is 0. The summed E-state index contributed by atoms with van der Waals surface area (Å²) in [6.45, 7) is 0.196. The highest BCUT2D eigenvalue weighted by atomic mass is 19.4. The first-order valence-corrected chi connectivity index (χ1v) is 4.36. The van der Waals surface area contributed by atoms with E-state index in [1.54, 1.807) is 6.92 Å². The van der Waals surface area contributed by atoms with E-state index >= 15 is 0 Å². The molecule has 0 saturated carbocycles. The number of hydrogen-bond donors (Lipinski definition) is 2. The van der Waals surface area contributed by atoms with Crippen molar-refractivity contribution in [1.29, 1.82) is 0 Å². The standard InChI is InChI=1S/C8H14F3NO2/c1-2-3-7(14)12-4-6(5-13)8(9,10)11/h6,13H,2-5H2,1H3,(H,12,14). The third kappa shape index (κ3) is 5.06. The fourth-order valence-corrected chi connectivity index (χ4v) is 0.836. The van der Waals surface area contributed by atoms with E-state index in [1.165, 1.54) is 0 Å². The van der Waals surface area contributed by atoms with Crippen LogP contribution >= 0.6 is 0 Å². The van der Waals surface area contributed by atoms with Crippen LogP contribution in [0.15, 0.2) is 0 Å². The van der Waals surface area contributed by atoms with Gasteiger partial charge in [-0.15, -0.1) is 0 Å². The number of nitrogens with one attached hydrogen (secondary N) is 1. The molecule has 2 N–H and O–H groups in total. The molecule has 14 heavy (non-hydrogen) atoms. The van der Waals surface area contributed by atoms with Crippen LogP contribution in [-0.2, 0) is 4.79 Å². The zero-order chi connectivity index (χ0) is 11.2. The molecule has 1 unspecified atom stereocenters. The van der Waals surface area contributed by atoms with E-state index in [-0.39, 0.29) is 6.42 Å². The first-order chi connectivity index (χ1) is 6.41. The summed E-state index contributed by atoms with van der Waals surface area (Å²) in [4.78, 5) is 10.8. The molecule has 0 aliphatic rings. The normalized spacial score (nSPS) is 13.8. The molecular weight excluding hydrogens is 199 g/mol. The smallest absolute Gasteiger partial charge is 0.395 e. The van der Waals surface area contributed by atoms with Gasteiger partial charge in [-0.05, 0) is 6.42 Å². The number of halogens is 3. The number of carbonyl (C=O) groups excluding carboxylic acids is 1. The van der Waals surface area contributed by atoms with E-state index < -0.39 is 31.2 Å². The fraction of sp³-hybridized carbons (Fsp3) is 0.875. The average Bonchev–Trinajstić information content (AvgIpc) is 2.03. The molecule has 0 bridgehead atoms. The van der Waals surface area contributed by atoms with Crippen molar-refractivity contribution in [3.8, 4) is 0 Å².